The number of hydrogen-bond donors (Lipinski definition) is 1. The minimum absolute atomic E-state index is 0.701. The molecule has 0 spiro atoms. The molecule has 4 heteroatoms. The third-order valence-corrected chi connectivity index (χ3v) is 4.47. The van der Waals surface area contributed by atoms with Crippen LogP contribution in [0.5, 0.6) is 5.75 Å². The average Bonchev–Trinajstić information content (AvgIpc) is 2.76. The Kier molecular flexibility index (Phi) is 4.55. The van der Waals surface area contributed by atoms with Crippen LogP contribution in [0.1, 0.15) is 36.0 Å². The second-order valence-electron chi connectivity index (χ2n) is 5.05. The molecular weight excluding hydrogens is 280 g/mol. The Bertz CT molecular complexity index is 593. The average molecular weight is 300 g/mol. The molecular formula is C17H20N2OS. The monoisotopic (exact) mass is 300 g/mol. The largest absolute Gasteiger partial charge is 0.494 e. The van der Waals surface area contributed by atoms with Gasteiger partial charge in [0.25, 0.3) is 0 Å². The van der Waals surface area contributed by atoms with Gasteiger partial charge in [-0.3, -0.25) is 0 Å². The number of nitrogens with one attached hydrogen (secondary N) is 1. The third-order valence-electron chi connectivity index (χ3n) is 3.45. The van der Waals surface area contributed by atoms with Gasteiger partial charge in [-0.2, -0.15) is 0 Å². The Balaban J connectivity index is 1.70. The first-order chi connectivity index (χ1) is 10.3. The van der Waals surface area contributed by atoms with Gasteiger partial charge in [0.05, 0.1) is 12.3 Å². The highest BCUT2D eigenvalue weighted by molar-refractivity contribution is 7.16. The van der Waals surface area contributed by atoms with E-state index in [1.165, 1.54) is 23.5 Å². The molecule has 0 fully saturated rings. The topological polar surface area (TPSA) is 34.1 Å². The fourth-order valence-corrected chi connectivity index (χ4v) is 3.32. The van der Waals surface area contributed by atoms with Crippen LogP contribution in [0.25, 0.3) is 12.2 Å². The van der Waals surface area contributed by atoms with Crippen molar-refractivity contribution in [3.8, 4) is 5.75 Å². The van der Waals surface area contributed by atoms with E-state index in [1.807, 2.05) is 19.1 Å². The van der Waals surface area contributed by atoms with Crippen LogP contribution in [0.3, 0.4) is 0 Å². The Labute approximate surface area is 129 Å². The highest BCUT2D eigenvalue weighted by atomic mass is 32.1. The van der Waals surface area contributed by atoms with Gasteiger partial charge in [-0.1, -0.05) is 29.5 Å². The quantitative estimate of drug-likeness (QED) is 0.905. The molecule has 2 heterocycles. The van der Waals surface area contributed by atoms with Crippen molar-refractivity contribution in [3.05, 3.63) is 40.5 Å². The standard InChI is InChI=1S/C17H20N2OS/c1-2-20-14-9-6-13(7-10-14)8-11-16-19-15-5-3-4-12-18-17(15)21-16/h6-11,18H,2-5,12H2,1H3/b11-8+. The number of ether oxygens (including phenoxy) is 1. The van der Waals surface area contributed by atoms with E-state index in [-0.39, 0.29) is 0 Å². The molecule has 0 aliphatic carbocycles. The zero-order chi connectivity index (χ0) is 14.5. The number of fused-ring (bicyclic) bond motifs is 1. The lowest BCUT2D eigenvalue weighted by molar-refractivity contribution is 0.340. The third kappa shape index (κ3) is 3.64. The second kappa shape index (κ2) is 6.76. The molecule has 0 saturated heterocycles. The summed E-state index contributed by atoms with van der Waals surface area (Å²) in [5.41, 5.74) is 2.39. The number of thiazole rings is 1. The molecule has 2 aromatic rings. The normalized spacial score (nSPS) is 14.5. The number of aryl methyl sites for hydroxylation is 1. The molecule has 1 aliphatic rings. The number of aromatic nitrogens is 1. The first kappa shape index (κ1) is 14.1. The lowest BCUT2D eigenvalue weighted by Crippen LogP contribution is -1.96. The van der Waals surface area contributed by atoms with E-state index < -0.39 is 0 Å². The van der Waals surface area contributed by atoms with Crippen molar-refractivity contribution in [1.29, 1.82) is 0 Å². The molecule has 0 amide bonds. The van der Waals surface area contributed by atoms with Crippen molar-refractivity contribution in [3.63, 3.8) is 0 Å². The molecule has 3 nitrogen and oxygen atoms in total. The van der Waals surface area contributed by atoms with Gasteiger partial charge in [0, 0.05) is 6.54 Å². The van der Waals surface area contributed by atoms with Gasteiger partial charge in [0.1, 0.15) is 15.8 Å². The van der Waals surface area contributed by atoms with Crippen LogP contribution in [0.15, 0.2) is 24.3 Å². The summed E-state index contributed by atoms with van der Waals surface area (Å²) >= 11 is 1.75. The number of rotatable bonds is 4. The van der Waals surface area contributed by atoms with Gasteiger partial charge in [-0.15, -0.1) is 0 Å². The summed E-state index contributed by atoms with van der Waals surface area (Å²) in [6, 6.07) is 8.14. The summed E-state index contributed by atoms with van der Waals surface area (Å²) in [6.07, 6.45) is 7.76. The van der Waals surface area contributed by atoms with Crippen molar-refractivity contribution in [2.24, 2.45) is 0 Å². The molecule has 1 aliphatic heterocycles. The predicted octanol–water partition coefficient (Wildman–Crippen LogP) is 4.46. The molecule has 1 aromatic carbocycles. The smallest absolute Gasteiger partial charge is 0.119 e. The summed E-state index contributed by atoms with van der Waals surface area (Å²) in [4.78, 5) is 4.72. The van der Waals surface area contributed by atoms with Crippen LogP contribution in [-0.4, -0.2) is 18.1 Å². The zero-order valence-corrected chi connectivity index (χ0v) is 13.1. The molecule has 0 unspecified atom stereocenters. The minimum Gasteiger partial charge on any atom is -0.494 e. The zero-order valence-electron chi connectivity index (χ0n) is 12.3. The summed E-state index contributed by atoms with van der Waals surface area (Å²) < 4.78 is 5.45. The maximum Gasteiger partial charge on any atom is 0.119 e. The van der Waals surface area contributed by atoms with Gasteiger partial charge >= 0.3 is 0 Å². The highest BCUT2D eigenvalue weighted by Gasteiger charge is 2.12. The summed E-state index contributed by atoms with van der Waals surface area (Å²) in [5.74, 6) is 0.916. The second-order valence-corrected chi connectivity index (χ2v) is 6.08. The number of nitrogens with zero attached hydrogens (tertiary/aromatic N) is 1. The Hall–Kier alpha value is -1.81. The molecule has 21 heavy (non-hydrogen) atoms. The van der Waals surface area contributed by atoms with Crippen LogP contribution in [0, 0.1) is 0 Å². The van der Waals surface area contributed by atoms with E-state index in [2.05, 4.69) is 29.6 Å². The molecule has 0 saturated carbocycles. The first-order valence-electron chi connectivity index (χ1n) is 7.49. The van der Waals surface area contributed by atoms with Gasteiger partial charge in [0.2, 0.25) is 0 Å². The Morgan fingerprint density at radius 2 is 2.10 bits per heavy atom. The fourth-order valence-electron chi connectivity index (χ4n) is 2.38. The minimum atomic E-state index is 0.701. The molecule has 110 valence electrons. The van der Waals surface area contributed by atoms with E-state index in [4.69, 9.17) is 9.72 Å². The van der Waals surface area contributed by atoms with Crippen molar-refractivity contribution in [2.75, 3.05) is 18.5 Å². The van der Waals surface area contributed by atoms with Crippen molar-refractivity contribution in [2.45, 2.75) is 26.2 Å². The van der Waals surface area contributed by atoms with Gasteiger partial charge in [0.15, 0.2) is 0 Å². The highest BCUT2D eigenvalue weighted by Crippen LogP contribution is 2.29. The van der Waals surface area contributed by atoms with Crippen LogP contribution < -0.4 is 10.1 Å². The van der Waals surface area contributed by atoms with Crippen LogP contribution in [-0.2, 0) is 6.42 Å². The van der Waals surface area contributed by atoms with Gasteiger partial charge in [-0.05, 0) is 50.0 Å². The van der Waals surface area contributed by atoms with E-state index in [9.17, 15) is 0 Å². The molecule has 0 bridgehead atoms. The van der Waals surface area contributed by atoms with Crippen LogP contribution in [0.4, 0.5) is 5.00 Å². The summed E-state index contributed by atoms with van der Waals surface area (Å²) in [6.45, 7) is 3.76. The molecule has 0 radical (unpaired) electrons. The predicted molar refractivity (Wildman–Crippen MR) is 90.1 cm³/mol. The van der Waals surface area contributed by atoms with Gasteiger partial charge in [-0.25, -0.2) is 4.98 Å². The van der Waals surface area contributed by atoms with Crippen LogP contribution in [0.2, 0.25) is 0 Å². The lowest BCUT2D eigenvalue weighted by Gasteiger charge is -2.01. The number of anilines is 1. The summed E-state index contributed by atoms with van der Waals surface area (Å²) in [7, 11) is 0. The molecule has 0 atom stereocenters. The first-order valence-corrected chi connectivity index (χ1v) is 8.31. The molecule has 3 rings (SSSR count). The maximum absolute atomic E-state index is 5.45. The number of benzene rings is 1. The Morgan fingerprint density at radius 1 is 1.24 bits per heavy atom. The lowest BCUT2D eigenvalue weighted by atomic mass is 10.2. The SMILES string of the molecule is CCOc1ccc(/C=C/c2nc3c(s2)NCCCC3)cc1. The number of hydrogen-bond acceptors (Lipinski definition) is 4. The molecule has 1 aromatic heterocycles. The fraction of sp³-hybridized carbons (Fsp3) is 0.353. The van der Waals surface area contributed by atoms with Crippen molar-refractivity contribution in [1.82, 2.24) is 4.98 Å². The van der Waals surface area contributed by atoms with Crippen molar-refractivity contribution >= 4 is 28.5 Å². The van der Waals surface area contributed by atoms with Crippen molar-refractivity contribution < 1.29 is 4.74 Å². The van der Waals surface area contributed by atoms with E-state index in [1.54, 1.807) is 11.3 Å². The summed E-state index contributed by atoms with van der Waals surface area (Å²) in [5, 5.41) is 5.79. The van der Waals surface area contributed by atoms with E-state index in [0.29, 0.717) is 6.61 Å². The van der Waals surface area contributed by atoms with E-state index in [0.717, 1.165) is 29.3 Å². The maximum atomic E-state index is 5.45. The molecule has 1 N–H and O–H groups in total. The van der Waals surface area contributed by atoms with Gasteiger partial charge < -0.3 is 10.1 Å². The van der Waals surface area contributed by atoms with Crippen LogP contribution >= 0.6 is 11.3 Å². The van der Waals surface area contributed by atoms with E-state index >= 15 is 0 Å². The Morgan fingerprint density at radius 3 is 2.90 bits per heavy atom.